The maximum Gasteiger partial charge on any atom is 0.231 e. The summed E-state index contributed by atoms with van der Waals surface area (Å²) in [5.41, 5.74) is 1.11. The molecule has 5 heteroatoms. The Morgan fingerprint density at radius 2 is 1.92 bits per heavy atom. The number of amides is 1. The normalized spacial score (nSPS) is 12.8. The van der Waals surface area contributed by atoms with E-state index in [1.165, 1.54) is 0 Å². The van der Waals surface area contributed by atoms with Gasteiger partial charge >= 0.3 is 0 Å². The monoisotopic (exact) mass is 327 g/mol. The van der Waals surface area contributed by atoms with Crippen LogP contribution in [-0.4, -0.2) is 19.8 Å². The van der Waals surface area contributed by atoms with Gasteiger partial charge in [0.05, 0.1) is 12.5 Å². The van der Waals surface area contributed by atoms with Gasteiger partial charge in [0.1, 0.15) is 5.75 Å². The van der Waals surface area contributed by atoms with E-state index >= 15 is 0 Å². The number of hydrogen-bond acceptors (Lipinski definition) is 4. The molecular formula is C19H21NO4. The van der Waals surface area contributed by atoms with Crippen molar-refractivity contribution in [3.8, 4) is 17.2 Å². The molecule has 3 rings (SSSR count). The zero-order valence-corrected chi connectivity index (χ0v) is 14.1. The van der Waals surface area contributed by atoms with E-state index < -0.39 is 5.41 Å². The Morgan fingerprint density at radius 3 is 2.71 bits per heavy atom. The third-order valence-corrected chi connectivity index (χ3v) is 4.24. The summed E-state index contributed by atoms with van der Waals surface area (Å²) >= 11 is 0. The molecule has 0 spiro atoms. The van der Waals surface area contributed by atoms with Gasteiger partial charge in [0.15, 0.2) is 11.5 Å². The SMILES string of the molecule is COc1ccccc1C(C)(C)C(=O)NCc1ccc2c(c1)OCO2. The fraction of sp³-hybridized carbons (Fsp3) is 0.316. The van der Waals surface area contributed by atoms with Gasteiger partial charge in [-0.1, -0.05) is 24.3 Å². The van der Waals surface area contributed by atoms with E-state index in [0.717, 1.165) is 16.9 Å². The first-order valence-electron chi connectivity index (χ1n) is 7.82. The number of benzene rings is 2. The smallest absolute Gasteiger partial charge is 0.231 e. The lowest BCUT2D eigenvalue weighted by molar-refractivity contribution is -0.125. The van der Waals surface area contributed by atoms with Crippen LogP contribution >= 0.6 is 0 Å². The average Bonchev–Trinajstić information content (AvgIpc) is 3.07. The van der Waals surface area contributed by atoms with Crippen LogP contribution in [0.2, 0.25) is 0 Å². The van der Waals surface area contributed by atoms with E-state index in [0.29, 0.717) is 18.0 Å². The van der Waals surface area contributed by atoms with E-state index in [-0.39, 0.29) is 12.7 Å². The molecule has 2 aromatic carbocycles. The number of methoxy groups -OCH3 is 1. The first-order valence-corrected chi connectivity index (χ1v) is 7.82. The molecule has 0 atom stereocenters. The van der Waals surface area contributed by atoms with E-state index in [1.807, 2.05) is 56.3 Å². The molecule has 2 aromatic rings. The topological polar surface area (TPSA) is 56.8 Å². The molecule has 0 unspecified atom stereocenters. The van der Waals surface area contributed by atoms with Crippen molar-refractivity contribution in [3.05, 3.63) is 53.6 Å². The number of para-hydroxylation sites is 1. The summed E-state index contributed by atoms with van der Waals surface area (Å²) < 4.78 is 16.0. The van der Waals surface area contributed by atoms with Crippen LogP contribution in [0.5, 0.6) is 17.2 Å². The van der Waals surface area contributed by atoms with E-state index in [2.05, 4.69) is 5.32 Å². The second-order valence-electron chi connectivity index (χ2n) is 6.20. The maximum atomic E-state index is 12.7. The highest BCUT2D eigenvalue weighted by Gasteiger charge is 2.32. The van der Waals surface area contributed by atoms with Crippen LogP contribution < -0.4 is 19.5 Å². The summed E-state index contributed by atoms with van der Waals surface area (Å²) in [7, 11) is 1.61. The van der Waals surface area contributed by atoms with Crippen molar-refractivity contribution in [2.24, 2.45) is 0 Å². The van der Waals surface area contributed by atoms with Crippen LogP contribution in [0, 0.1) is 0 Å². The lowest BCUT2D eigenvalue weighted by Crippen LogP contribution is -2.39. The molecule has 1 amide bonds. The molecule has 0 fully saturated rings. The summed E-state index contributed by atoms with van der Waals surface area (Å²) in [6.45, 7) is 4.44. The Hall–Kier alpha value is -2.69. The molecule has 1 heterocycles. The average molecular weight is 327 g/mol. The van der Waals surface area contributed by atoms with Gasteiger partial charge in [0.2, 0.25) is 12.7 Å². The third-order valence-electron chi connectivity index (χ3n) is 4.24. The van der Waals surface area contributed by atoms with Gasteiger partial charge in [-0.25, -0.2) is 0 Å². The molecule has 1 N–H and O–H groups in total. The van der Waals surface area contributed by atoms with Crippen LogP contribution in [0.25, 0.3) is 0 Å². The van der Waals surface area contributed by atoms with Gasteiger partial charge in [0, 0.05) is 12.1 Å². The second-order valence-corrected chi connectivity index (χ2v) is 6.20. The fourth-order valence-electron chi connectivity index (χ4n) is 2.74. The lowest BCUT2D eigenvalue weighted by atomic mass is 9.83. The number of fused-ring (bicyclic) bond motifs is 1. The van der Waals surface area contributed by atoms with Crippen LogP contribution in [0.3, 0.4) is 0 Å². The van der Waals surface area contributed by atoms with Gasteiger partial charge in [0.25, 0.3) is 0 Å². The highest BCUT2D eigenvalue weighted by molar-refractivity contribution is 5.88. The van der Waals surface area contributed by atoms with Crippen molar-refractivity contribution < 1.29 is 19.0 Å². The van der Waals surface area contributed by atoms with Gasteiger partial charge < -0.3 is 19.5 Å². The van der Waals surface area contributed by atoms with Crippen LogP contribution in [0.4, 0.5) is 0 Å². The maximum absolute atomic E-state index is 12.7. The molecule has 0 saturated carbocycles. The van der Waals surface area contributed by atoms with Gasteiger partial charge in [-0.3, -0.25) is 4.79 Å². The van der Waals surface area contributed by atoms with Crippen LogP contribution in [-0.2, 0) is 16.8 Å². The Labute approximate surface area is 141 Å². The van der Waals surface area contributed by atoms with Crippen molar-refractivity contribution in [2.45, 2.75) is 25.8 Å². The fourth-order valence-corrected chi connectivity index (χ4v) is 2.74. The molecule has 1 aliphatic rings. The number of rotatable bonds is 5. The minimum atomic E-state index is -0.705. The first kappa shape index (κ1) is 16.2. The Bertz CT molecular complexity index is 755. The number of carbonyl (C=O) groups is 1. The van der Waals surface area contributed by atoms with Gasteiger partial charge in [-0.05, 0) is 37.6 Å². The lowest BCUT2D eigenvalue weighted by Gasteiger charge is -2.26. The zero-order valence-electron chi connectivity index (χ0n) is 14.1. The molecule has 5 nitrogen and oxygen atoms in total. The number of carbonyl (C=O) groups excluding carboxylic acids is 1. The van der Waals surface area contributed by atoms with E-state index in [9.17, 15) is 4.79 Å². The highest BCUT2D eigenvalue weighted by Crippen LogP contribution is 2.33. The highest BCUT2D eigenvalue weighted by atomic mass is 16.7. The quantitative estimate of drug-likeness (QED) is 0.917. The van der Waals surface area contributed by atoms with Crippen LogP contribution in [0.1, 0.15) is 25.0 Å². The standard InChI is InChI=1S/C19H21NO4/c1-19(2,14-6-4-5-7-15(14)22-3)18(21)20-11-13-8-9-16-17(10-13)24-12-23-16/h4-10H,11-12H2,1-3H3,(H,20,21). The molecule has 0 radical (unpaired) electrons. The number of nitrogens with one attached hydrogen (secondary N) is 1. The summed E-state index contributed by atoms with van der Waals surface area (Å²) in [6.07, 6.45) is 0. The molecule has 126 valence electrons. The largest absolute Gasteiger partial charge is 0.496 e. The number of ether oxygens (including phenoxy) is 3. The summed E-state index contributed by atoms with van der Waals surface area (Å²) in [6, 6.07) is 13.2. The summed E-state index contributed by atoms with van der Waals surface area (Å²) in [5.74, 6) is 2.09. The predicted molar refractivity (Wildman–Crippen MR) is 90.4 cm³/mol. The molecular weight excluding hydrogens is 306 g/mol. The summed E-state index contributed by atoms with van der Waals surface area (Å²) in [5, 5.41) is 2.99. The second kappa shape index (κ2) is 6.43. The Kier molecular flexibility index (Phi) is 4.34. The Morgan fingerprint density at radius 1 is 1.17 bits per heavy atom. The van der Waals surface area contributed by atoms with E-state index in [1.54, 1.807) is 7.11 Å². The predicted octanol–water partition coefficient (Wildman–Crippen LogP) is 3.02. The van der Waals surface area contributed by atoms with Crippen molar-refractivity contribution in [2.75, 3.05) is 13.9 Å². The molecule has 0 bridgehead atoms. The Balaban J connectivity index is 1.72. The molecule has 24 heavy (non-hydrogen) atoms. The first-order chi connectivity index (χ1) is 11.5. The molecule has 0 saturated heterocycles. The van der Waals surface area contributed by atoms with Crippen molar-refractivity contribution in [1.82, 2.24) is 5.32 Å². The summed E-state index contributed by atoms with van der Waals surface area (Å²) in [4.78, 5) is 12.7. The van der Waals surface area contributed by atoms with Crippen molar-refractivity contribution in [3.63, 3.8) is 0 Å². The van der Waals surface area contributed by atoms with Gasteiger partial charge in [-0.2, -0.15) is 0 Å². The van der Waals surface area contributed by atoms with Gasteiger partial charge in [-0.15, -0.1) is 0 Å². The van der Waals surface area contributed by atoms with Crippen LogP contribution in [0.15, 0.2) is 42.5 Å². The van der Waals surface area contributed by atoms with E-state index in [4.69, 9.17) is 14.2 Å². The molecule has 0 aromatic heterocycles. The minimum Gasteiger partial charge on any atom is -0.496 e. The minimum absolute atomic E-state index is 0.0651. The van der Waals surface area contributed by atoms with Crippen molar-refractivity contribution >= 4 is 5.91 Å². The van der Waals surface area contributed by atoms with Crippen molar-refractivity contribution in [1.29, 1.82) is 0 Å². The molecule has 0 aliphatic carbocycles. The third kappa shape index (κ3) is 3.02. The molecule has 1 aliphatic heterocycles. The number of hydrogen-bond donors (Lipinski definition) is 1. The zero-order chi connectivity index (χ0) is 17.2.